The second-order valence-corrected chi connectivity index (χ2v) is 8.21. The van der Waals surface area contributed by atoms with Crippen molar-refractivity contribution >= 4 is 17.5 Å². The van der Waals surface area contributed by atoms with E-state index in [1.807, 2.05) is 24.3 Å². The Morgan fingerprint density at radius 2 is 1.81 bits per heavy atom. The fourth-order valence-corrected chi connectivity index (χ4v) is 4.33. The molecule has 7 nitrogen and oxygen atoms in total. The number of amides is 3. The van der Waals surface area contributed by atoms with Gasteiger partial charge >= 0.3 is 6.03 Å². The van der Waals surface area contributed by atoms with Gasteiger partial charge in [-0.1, -0.05) is 42.5 Å². The Kier molecular flexibility index (Phi) is 4.90. The summed E-state index contributed by atoms with van der Waals surface area (Å²) in [5.41, 5.74) is 2.08. The van der Waals surface area contributed by atoms with Crippen molar-refractivity contribution in [3.05, 3.63) is 65.7 Å². The summed E-state index contributed by atoms with van der Waals surface area (Å²) in [7, 11) is 0. The van der Waals surface area contributed by atoms with Gasteiger partial charge in [0.05, 0.1) is 6.67 Å². The normalized spacial score (nSPS) is 23.5. The molecule has 2 aromatic carbocycles. The van der Waals surface area contributed by atoms with Crippen molar-refractivity contribution in [1.29, 1.82) is 0 Å². The molecule has 3 aliphatic rings. The molecule has 1 saturated heterocycles. The second kappa shape index (κ2) is 7.74. The molecule has 3 aliphatic heterocycles. The zero-order valence-electron chi connectivity index (χ0n) is 17.5. The monoisotopic (exact) mass is 419 g/mol. The van der Waals surface area contributed by atoms with Gasteiger partial charge < -0.3 is 14.8 Å². The van der Waals surface area contributed by atoms with Gasteiger partial charge in [-0.3, -0.25) is 9.69 Å². The molecule has 31 heavy (non-hydrogen) atoms. The quantitative estimate of drug-likeness (QED) is 0.772. The number of nitrogens with zero attached hydrogens (tertiary/aromatic N) is 2. The predicted octanol–water partition coefficient (Wildman–Crippen LogP) is 2.97. The average molecular weight is 419 g/mol. The summed E-state index contributed by atoms with van der Waals surface area (Å²) < 4.78 is 11.2. The topological polar surface area (TPSA) is 71.1 Å². The van der Waals surface area contributed by atoms with Crippen LogP contribution >= 0.6 is 0 Å². The van der Waals surface area contributed by atoms with E-state index in [0.29, 0.717) is 36.8 Å². The van der Waals surface area contributed by atoms with Crippen LogP contribution in [0.15, 0.2) is 54.6 Å². The van der Waals surface area contributed by atoms with Gasteiger partial charge in [0.15, 0.2) is 11.5 Å². The molecule has 7 heteroatoms. The highest BCUT2D eigenvalue weighted by atomic mass is 16.6. The molecule has 0 aliphatic carbocycles. The predicted molar refractivity (Wildman–Crippen MR) is 116 cm³/mol. The highest BCUT2D eigenvalue weighted by molar-refractivity contribution is 6.07. The molecule has 1 N–H and O–H groups in total. The van der Waals surface area contributed by atoms with E-state index in [0.717, 1.165) is 13.0 Å². The summed E-state index contributed by atoms with van der Waals surface area (Å²) in [6.45, 7) is 4.46. The van der Waals surface area contributed by atoms with Gasteiger partial charge in [-0.2, -0.15) is 0 Å². The minimum Gasteiger partial charge on any atom is -0.486 e. The van der Waals surface area contributed by atoms with Crippen LogP contribution in [0, 0.1) is 0 Å². The summed E-state index contributed by atoms with van der Waals surface area (Å²) in [5.74, 6) is 0.994. The van der Waals surface area contributed by atoms with E-state index in [9.17, 15) is 9.59 Å². The number of fused-ring (bicyclic) bond motifs is 1. The Hall–Kier alpha value is -3.32. The van der Waals surface area contributed by atoms with E-state index in [1.165, 1.54) is 16.0 Å². The highest BCUT2D eigenvalue weighted by Gasteiger charge is 2.49. The van der Waals surface area contributed by atoms with Crippen LogP contribution in [-0.4, -0.2) is 54.7 Å². The number of carbonyl (C=O) groups excluding carboxylic acids is 2. The van der Waals surface area contributed by atoms with E-state index in [4.69, 9.17) is 9.47 Å². The number of carbonyl (C=O) groups is 2. The summed E-state index contributed by atoms with van der Waals surface area (Å²) in [4.78, 5) is 29.4. The van der Waals surface area contributed by atoms with Gasteiger partial charge in [-0.25, -0.2) is 9.69 Å². The fraction of sp³-hybridized carbons (Fsp3) is 0.333. The van der Waals surface area contributed by atoms with E-state index in [-0.39, 0.29) is 18.6 Å². The van der Waals surface area contributed by atoms with Gasteiger partial charge in [0.25, 0.3) is 5.91 Å². The van der Waals surface area contributed by atoms with Crippen LogP contribution in [0.5, 0.6) is 11.5 Å². The van der Waals surface area contributed by atoms with Crippen molar-refractivity contribution in [2.75, 3.05) is 33.0 Å². The van der Waals surface area contributed by atoms with Gasteiger partial charge in [-0.05, 0) is 42.2 Å². The molecule has 0 spiro atoms. The molecular formula is C24H25N3O4. The Bertz CT molecular complexity index is 1050. The third-order valence-corrected chi connectivity index (χ3v) is 6.17. The number of benzene rings is 2. The van der Waals surface area contributed by atoms with Crippen LogP contribution in [0.3, 0.4) is 0 Å². The molecule has 5 rings (SSSR count). The van der Waals surface area contributed by atoms with Crippen molar-refractivity contribution < 1.29 is 19.1 Å². The standard InChI is InChI=1S/C24H25N3O4/c1-24(19-7-8-20-21(15-19)31-14-13-30-20)22(28)27(23(29)25-24)16-26-11-9-18(10-12-26)17-5-3-2-4-6-17/h2-9,15H,10-14,16H2,1H3,(H,25,29). The van der Waals surface area contributed by atoms with Gasteiger partial charge in [-0.15, -0.1) is 0 Å². The van der Waals surface area contributed by atoms with E-state index < -0.39 is 5.54 Å². The van der Waals surface area contributed by atoms with Crippen molar-refractivity contribution in [3.63, 3.8) is 0 Å². The molecular weight excluding hydrogens is 394 g/mol. The number of nitrogens with one attached hydrogen (secondary N) is 1. The molecule has 1 fully saturated rings. The average Bonchev–Trinajstić information content (AvgIpc) is 3.03. The Morgan fingerprint density at radius 3 is 2.55 bits per heavy atom. The minimum absolute atomic E-state index is 0.257. The SMILES string of the molecule is CC1(c2ccc3c(c2)OCCO3)NC(=O)N(CN2CC=C(c3ccccc3)CC2)C1=O. The van der Waals surface area contributed by atoms with Crippen LogP contribution in [0.25, 0.3) is 5.57 Å². The molecule has 0 bridgehead atoms. The minimum atomic E-state index is -1.13. The van der Waals surface area contributed by atoms with E-state index >= 15 is 0 Å². The lowest BCUT2D eigenvalue weighted by Gasteiger charge is -2.30. The molecule has 3 amide bonds. The smallest absolute Gasteiger partial charge is 0.326 e. The first-order valence-corrected chi connectivity index (χ1v) is 10.6. The first-order valence-electron chi connectivity index (χ1n) is 10.6. The van der Waals surface area contributed by atoms with Crippen LogP contribution in [0.1, 0.15) is 24.5 Å². The van der Waals surface area contributed by atoms with Crippen molar-refractivity contribution in [2.24, 2.45) is 0 Å². The summed E-state index contributed by atoms with van der Waals surface area (Å²) in [6, 6.07) is 15.3. The van der Waals surface area contributed by atoms with Gasteiger partial charge in [0.1, 0.15) is 18.8 Å². The Balaban J connectivity index is 1.30. The lowest BCUT2D eigenvalue weighted by Crippen LogP contribution is -2.44. The molecule has 2 aromatic rings. The Morgan fingerprint density at radius 1 is 1.03 bits per heavy atom. The number of hydrogen-bond acceptors (Lipinski definition) is 5. The third kappa shape index (κ3) is 3.55. The van der Waals surface area contributed by atoms with Gasteiger partial charge in [0.2, 0.25) is 0 Å². The maximum Gasteiger partial charge on any atom is 0.326 e. The highest BCUT2D eigenvalue weighted by Crippen LogP contribution is 2.37. The lowest BCUT2D eigenvalue weighted by atomic mass is 9.91. The van der Waals surface area contributed by atoms with E-state index in [1.54, 1.807) is 19.1 Å². The fourth-order valence-electron chi connectivity index (χ4n) is 4.33. The number of ether oxygens (including phenoxy) is 2. The second-order valence-electron chi connectivity index (χ2n) is 8.21. The van der Waals surface area contributed by atoms with Crippen molar-refractivity contribution in [1.82, 2.24) is 15.1 Å². The zero-order valence-corrected chi connectivity index (χ0v) is 17.5. The molecule has 3 heterocycles. The number of imide groups is 1. The third-order valence-electron chi connectivity index (χ3n) is 6.17. The Labute approximate surface area is 181 Å². The summed E-state index contributed by atoms with van der Waals surface area (Å²) >= 11 is 0. The number of rotatable bonds is 4. The van der Waals surface area contributed by atoms with E-state index in [2.05, 4.69) is 28.4 Å². The van der Waals surface area contributed by atoms with Gasteiger partial charge in [0, 0.05) is 13.1 Å². The number of urea groups is 1. The first-order chi connectivity index (χ1) is 15.0. The molecule has 1 atom stereocenters. The molecule has 1 unspecified atom stereocenters. The molecule has 0 aromatic heterocycles. The molecule has 160 valence electrons. The maximum absolute atomic E-state index is 13.3. The first kappa shape index (κ1) is 19.6. The zero-order chi connectivity index (χ0) is 21.4. The summed E-state index contributed by atoms with van der Waals surface area (Å²) in [5, 5.41) is 2.88. The molecule has 0 radical (unpaired) electrons. The van der Waals surface area contributed by atoms with Crippen LogP contribution < -0.4 is 14.8 Å². The van der Waals surface area contributed by atoms with Crippen molar-refractivity contribution in [3.8, 4) is 11.5 Å². The van der Waals surface area contributed by atoms with Crippen LogP contribution in [-0.2, 0) is 10.3 Å². The number of hydrogen-bond donors (Lipinski definition) is 1. The van der Waals surface area contributed by atoms with Crippen LogP contribution in [0.4, 0.5) is 4.79 Å². The summed E-state index contributed by atoms with van der Waals surface area (Å²) in [6.07, 6.45) is 3.06. The largest absolute Gasteiger partial charge is 0.486 e. The van der Waals surface area contributed by atoms with Crippen LogP contribution in [0.2, 0.25) is 0 Å². The lowest BCUT2D eigenvalue weighted by molar-refractivity contribution is -0.132. The maximum atomic E-state index is 13.3. The molecule has 0 saturated carbocycles. The van der Waals surface area contributed by atoms with Crippen molar-refractivity contribution in [2.45, 2.75) is 18.9 Å².